The van der Waals surface area contributed by atoms with E-state index in [2.05, 4.69) is 0 Å². The second-order valence-electron chi connectivity index (χ2n) is 7.47. The van der Waals surface area contributed by atoms with Crippen LogP contribution in [-0.4, -0.2) is 50.5 Å². The van der Waals surface area contributed by atoms with Crippen molar-refractivity contribution in [2.75, 3.05) is 13.7 Å². The van der Waals surface area contributed by atoms with Crippen molar-refractivity contribution in [2.45, 2.75) is 39.5 Å². The number of amides is 1. The fourth-order valence-electron chi connectivity index (χ4n) is 3.13. The quantitative estimate of drug-likeness (QED) is 0.862. The molecule has 28 heavy (non-hydrogen) atoms. The van der Waals surface area contributed by atoms with Crippen molar-refractivity contribution in [1.29, 1.82) is 0 Å². The molecule has 0 unspecified atom stereocenters. The molecule has 1 aromatic carbocycles. The molecule has 0 aliphatic carbocycles. The van der Waals surface area contributed by atoms with Crippen LogP contribution in [0.2, 0.25) is 0 Å². The summed E-state index contributed by atoms with van der Waals surface area (Å²) in [5.41, 5.74) is -0.608. The molecule has 2 heterocycles. The Morgan fingerprint density at radius 3 is 2.29 bits per heavy atom. The molecule has 9 nitrogen and oxygen atoms in total. The van der Waals surface area contributed by atoms with Crippen LogP contribution < -0.4 is 10.4 Å². The summed E-state index contributed by atoms with van der Waals surface area (Å²) in [6.45, 7) is 5.70. The van der Waals surface area contributed by atoms with Crippen molar-refractivity contribution < 1.29 is 24.2 Å². The first-order valence-electron chi connectivity index (χ1n) is 8.82. The lowest BCUT2D eigenvalue weighted by molar-refractivity contribution is 0.0195. The van der Waals surface area contributed by atoms with Gasteiger partial charge in [0.1, 0.15) is 11.4 Å². The Hall–Kier alpha value is -3.23. The molecular formula is C19H23N3O6. The predicted octanol–water partition coefficient (Wildman–Crippen LogP) is 2.10. The van der Waals surface area contributed by atoms with Crippen LogP contribution in [-0.2, 0) is 17.8 Å². The number of imidazole rings is 1. The fraction of sp³-hybridized carbons (Fsp3) is 0.421. The number of fused-ring (bicyclic) bond motifs is 1. The van der Waals surface area contributed by atoms with Gasteiger partial charge in [0.2, 0.25) is 0 Å². The number of hydrogen-bond donors (Lipinski definition) is 1. The molecule has 1 amide bonds. The second kappa shape index (κ2) is 7.06. The molecule has 0 bridgehead atoms. The highest BCUT2D eigenvalue weighted by Gasteiger charge is 2.33. The van der Waals surface area contributed by atoms with Crippen LogP contribution in [0.1, 0.15) is 37.0 Å². The number of aromatic nitrogens is 2. The van der Waals surface area contributed by atoms with E-state index in [1.54, 1.807) is 45.0 Å². The summed E-state index contributed by atoms with van der Waals surface area (Å²) in [5.74, 6) is -0.651. The molecule has 1 aromatic heterocycles. The van der Waals surface area contributed by atoms with Crippen LogP contribution in [0.25, 0.3) is 5.69 Å². The third-order valence-corrected chi connectivity index (χ3v) is 4.36. The summed E-state index contributed by atoms with van der Waals surface area (Å²) in [5, 5.41) is 9.78. The minimum atomic E-state index is -1.24. The zero-order valence-electron chi connectivity index (χ0n) is 16.3. The van der Waals surface area contributed by atoms with E-state index < -0.39 is 23.4 Å². The maximum absolute atomic E-state index is 12.9. The average Bonchev–Trinajstić information content (AvgIpc) is 2.92. The first-order chi connectivity index (χ1) is 13.1. The van der Waals surface area contributed by atoms with Gasteiger partial charge in [-0.05, 0) is 45.0 Å². The van der Waals surface area contributed by atoms with Crippen molar-refractivity contribution in [3.8, 4) is 11.4 Å². The molecular weight excluding hydrogens is 366 g/mol. The van der Waals surface area contributed by atoms with Gasteiger partial charge < -0.3 is 19.5 Å². The standard InChI is InChI=1S/C19H23N3O6/c1-19(2,3)28-18(26)20-9-10-21-14(11-20)15(16(23)24)22(17(21)25)12-5-7-13(27-4)8-6-12/h5-8H,9-11H2,1-4H3,(H,23,24). The van der Waals surface area contributed by atoms with Gasteiger partial charge in [0.25, 0.3) is 0 Å². The number of ether oxygens (including phenoxy) is 2. The second-order valence-corrected chi connectivity index (χ2v) is 7.47. The molecule has 0 radical (unpaired) electrons. The molecule has 0 spiro atoms. The zero-order chi connectivity index (χ0) is 20.6. The van der Waals surface area contributed by atoms with Gasteiger partial charge in [0, 0.05) is 13.1 Å². The maximum Gasteiger partial charge on any atom is 0.410 e. The molecule has 9 heteroatoms. The molecule has 150 valence electrons. The molecule has 3 rings (SSSR count). The number of methoxy groups -OCH3 is 1. The highest BCUT2D eigenvalue weighted by atomic mass is 16.6. The number of carbonyl (C=O) groups excluding carboxylic acids is 1. The van der Waals surface area contributed by atoms with Crippen molar-refractivity contribution in [1.82, 2.24) is 14.0 Å². The van der Waals surface area contributed by atoms with E-state index in [4.69, 9.17) is 9.47 Å². The summed E-state index contributed by atoms with van der Waals surface area (Å²) in [7, 11) is 1.52. The minimum Gasteiger partial charge on any atom is -0.497 e. The first-order valence-corrected chi connectivity index (χ1v) is 8.82. The highest BCUT2D eigenvalue weighted by Crippen LogP contribution is 2.22. The van der Waals surface area contributed by atoms with Gasteiger partial charge in [-0.25, -0.2) is 14.4 Å². The third kappa shape index (κ3) is 3.60. The van der Waals surface area contributed by atoms with Gasteiger partial charge in [0.05, 0.1) is 25.0 Å². The number of nitrogens with zero attached hydrogens (tertiary/aromatic N) is 3. The highest BCUT2D eigenvalue weighted by molar-refractivity contribution is 5.88. The Bertz CT molecular complexity index is 965. The Kier molecular flexibility index (Phi) is 4.93. The molecule has 0 fully saturated rings. The van der Waals surface area contributed by atoms with Gasteiger partial charge in [-0.3, -0.25) is 9.13 Å². The first kappa shape index (κ1) is 19.5. The lowest BCUT2D eigenvalue weighted by atomic mass is 10.2. The van der Waals surface area contributed by atoms with Crippen LogP contribution in [0, 0.1) is 0 Å². The smallest absolute Gasteiger partial charge is 0.410 e. The number of carboxylic acids is 1. The number of rotatable bonds is 3. The topological polar surface area (TPSA) is 103 Å². The van der Waals surface area contributed by atoms with E-state index in [1.165, 1.54) is 16.6 Å². The SMILES string of the molecule is COc1ccc(-n2c(C(=O)O)c3n(c2=O)CCN(C(=O)OC(C)(C)C)C3)cc1. The van der Waals surface area contributed by atoms with E-state index in [1.807, 2.05) is 0 Å². The van der Waals surface area contributed by atoms with Gasteiger partial charge in [0.15, 0.2) is 5.69 Å². The van der Waals surface area contributed by atoms with Crippen LogP contribution >= 0.6 is 0 Å². The summed E-state index contributed by atoms with van der Waals surface area (Å²) >= 11 is 0. The van der Waals surface area contributed by atoms with E-state index in [0.29, 0.717) is 11.4 Å². The molecule has 0 saturated heterocycles. The van der Waals surface area contributed by atoms with Crippen LogP contribution in [0.15, 0.2) is 29.1 Å². The number of aromatic carboxylic acids is 1. The normalized spacial score (nSPS) is 13.8. The van der Waals surface area contributed by atoms with Gasteiger partial charge in [-0.2, -0.15) is 0 Å². The largest absolute Gasteiger partial charge is 0.497 e. The van der Waals surface area contributed by atoms with E-state index in [0.717, 1.165) is 4.57 Å². The van der Waals surface area contributed by atoms with Crippen molar-refractivity contribution in [3.05, 3.63) is 46.1 Å². The summed E-state index contributed by atoms with van der Waals surface area (Å²) < 4.78 is 13.0. The minimum absolute atomic E-state index is 0.0189. The molecule has 0 saturated carbocycles. The molecule has 1 N–H and O–H groups in total. The molecule has 0 atom stereocenters. The Labute approximate surface area is 161 Å². The lowest BCUT2D eigenvalue weighted by Gasteiger charge is -2.30. The molecule has 2 aromatic rings. The van der Waals surface area contributed by atoms with Crippen LogP contribution in [0.3, 0.4) is 0 Å². The van der Waals surface area contributed by atoms with E-state index in [9.17, 15) is 19.5 Å². The van der Waals surface area contributed by atoms with Gasteiger partial charge in [-0.15, -0.1) is 0 Å². The Morgan fingerprint density at radius 1 is 1.11 bits per heavy atom. The monoisotopic (exact) mass is 389 g/mol. The number of benzene rings is 1. The number of carbonyl (C=O) groups is 2. The lowest BCUT2D eigenvalue weighted by Crippen LogP contribution is -2.43. The van der Waals surface area contributed by atoms with Crippen LogP contribution in [0.5, 0.6) is 5.75 Å². The summed E-state index contributed by atoms with van der Waals surface area (Å²) in [6.07, 6.45) is -0.542. The van der Waals surface area contributed by atoms with Crippen molar-refractivity contribution in [3.63, 3.8) is 0 Å². The Morgan fingerprint density at radius 2 is 1.75 bits per heavy atom. The van der Waals surface area contributed by atoms with Gasteiger partial charge in [-0.1, -0.05) is 0 Å². The Balaban J connectivity index is 2.04. The summed E-state index contributed by atoms with van der Waals surface area (Å²) in [4.78, 5) is 38.7. The molecule has 1 aliphatic rings. The number of hydrogen-bond acceptors (Lipinski definition) is 5. The van der Waals surface area contributed by atoms with E-state index in [-0.39, 0.29) is 31.0 Å². The van der Waals surface area contributed by atoms with Gasteiger partial charge >= 0.3 is 17.8 Å². The maximum atomic E-state index is 12.9. The van der Waals surface area contributed by atoms with Crippen LogP contribution in [0.4, 0.5) is 4.79 Å². The third-order valence-electron chi connectivity index (χ3n) is 4.36. The fourth-order valence-corrected chi connectivity index (χ4v) is 3.13. The van der Waals surface area contributed by atoms with Crippen molar-refractivity contribution in [2.24, 2.45) is 0 Å². The molecule has 1 aliphatic heterocycles. The van der Waals surface area contributed by atoms with E-state index >= 15 is 0 Å². The predicted molar refractivity (Wildman–Crippen MR) is 100 cm³/mol. The number of carboxylic acid groups (broad SMARTS) is 1. The average molecular weight is 389 g/mol. The van der Waals surface area contributed by atoms with Crippen molar-refractivity contribution >= 4 is 12.1 Å². The zero-order valence-corrected chi connectivity index (χ0v) is 16.3. The summed E-state index contributed by atoms with van der Waals surface area (Å²) in [6, 6.07) is 6.53.